The molecule has 0 aliphatic carbocycles. The van der Waals surface area contributed by atoms with E-state index in [-0.39, 0.29) is 11.7 Å². The van der Waals surface area contributed by atoms with E-state index in [0.717, 1.165) is 18.4 Å². The fourth-order valence-electron chi connectivity index (χ4n) is 3.54. The quantitative estimate of drug-likeness (QED) is 0.755. The summed E-state index contributed by atoms with van der Waals surface area (Å²) in [5, 5.41) is 20.1. The van der Waals surface area contributed by atoms with Crippen molar-refractivity contribution in [2.45, 2.75) is 58.5 Å². The van der Waals surface area contributed by atoms with Gasteiger partial charge in [0.25, 0.3) is 5.91 Å². The molecule has 1 aliphatic heterocycles. The minimum absolute atomic E-state index is 0.0386. The summed E-state index contributed by atoms with van der Waals surface area (Å²) in [5.41, 5.74) is 1.65. The standard InChI is InChI=1S/C20H27NO4/c1-4-5-11-15(20(24)25)21-16(12-14-9-7-6-8-10-14)17(13(2)3)18(22)19(21)23/h6-10,13,15-16,22H,4-5,11-12H2,1-3H3,(H,24,25). The van der Waals surface area contributed by atoms with E-state index in [2.05, 4.69) is 0 Å². The van der Waals surface area contributed by atoms with Crippen LogP contribution in [-0.4, -0.2) is 39.1 Å². The van der Waals surface area contributed by atoms with Crippen LogP contribution in [0.5, 0.6) is 0 Å². The molecule has 2 unspecified atom stereocenters. The summed E-state index contributed by atoms with van der Waals surface area (Å²) in [5.74, 6) is -1.90. The number of hydrogen-bond acceptors (Lipinski definition) is 3. The van der Waals surface area contributed by atoms with Gasteiger partial charge in [-0.05, 0) is 24.3 Å². The smallest absolute Gasteiger partial charge is 0.326 e. The lowest BCUT2D eigenvalue weighted by Gasteiger charge is -2.33. The van der Waals surface area contributed by atoms with Gasteiger partial charge < -0.3 is 15.1 Å². The summed E-state index contributed by atoms with van der Waals surface area (Å²) >= 11 is 0. The van der Waals surface area contributed by atoms with Gasteiger partial charge in [-0.15, -0.1) is 0 Å². The Balaban J connectivity index is 2.41. The molecule has 1 aliphatic rings. The van der Waals surface area contributed by atoms with Crippen LogP contribution in [0, 0.1) is 5.92 Å². The number of aliphatic hydroxyl groups excluding tert-OH is 1. The third-order valence-electron chi connectivity index (χ3n) is 4.75. The topological polar surface area (TPSA) is 77.8 Å². The maximum atomic E-state index is 12.7. The molecule has 2 rings (SSSR count). The van der Waals surface area contributed by atoms with Crippen molar-refractivity contribution >= 4 is 11.9 Å². The highest BCUT2D eigenvalue weighted by molar-refractivity contribution is 5.98. The van der Waals surface area contributed by atoms with E-state index in [1.807, 2.05) is 51.1 Å². The predicted molar refractivity (Wildman–Crippen MR) is 96.2 cm³/mol. The predicted octanol–water partition coefficient (Wildman–Crippen LogP) is 3.55. The van der Waals surface area contributed by atoms with Gasteiger partial charge in [0.15, 0.2) is 5.76 Å². The maximum absolute atomic E-state index is 12.7. The zero-order valence-electron chi connectivity index (χ0n) is 15.1. The Morgan fingerprint density at radius 3 is 2.40 bits per heavy atom. The van der Waals surface area contributed by atoms with E-state index in [1.165, 1.54) is 4.90 Å². The lowest BCUT2D eigenvalue weighted by Crippen LogP contribution is -2.49. The van der Waals surface area contributed by atoms with E-state index in [4.69, 9.17) is 0 Å². The van der Waals surface area contributed by atoms with Crippen LogP contribution in [-0.2, 0) is 16.0 Å². The van der Waals surface area contributed by atoms with Crippen LogP contribution in [0.2, 0.25) is 0 Å². The number of unbranched alkanes of at least 4 members (excludes halogenated alkanes) is 1. The van der Waals surface area contributed by atoms with Gasteiger partial charge in [0.2, 0.25) is 0 Å². The molecule has 5 nitrogen and oxygen atoms in total. The molecular weight excluding hydrogens is 318 g/mol. The second kappa shape index (κ2) is 8.19. The van der Waals surface area contributed by atoms with E-state index >= 15 is 0 Å². The lowest BCUT2D eigenvalue weighted by atomic mass is 9.91. The molecular formula is C20H27NO4. The molecule has 0 bridgehead atoms. The largest absolute Gasteiger partial charge is 0.503 e. The van der Waals surface area contributed by atoms with Crippen LogP contribution in [0.1, 0.15) is 45.6 Å². The van der Waals surface area contributed by atoms with Gasteiger partial charge in [-0.1, -0.05) is 63.9 Å². The van der Waals surface area contributed by atoms with Crippen LogP contribution in [0.3, 0.4) is 0 Å². The number of aliphatic carboxylic acids is 1. The molecule has 0 aromatic heterocycles. The van der Waals surface area contributed by atoms with Gasteiger partial charge >= 0.3 is 5.97 Å². The molecule has 1 amide bonds. The molecule has 1 aromatic rings. The van der Waals surface area contributed by atoms with E-state index in [9.17, 15) is 19.8 Å². The highest BCUT2D eigenvalue weighted by atomic mass is 16.4. The summed E-state index contributed by atoms with van der Waals surface area (Å²) in [6, 6.07) is 8.32. The Hall–Kier alpha value is -2.30. The second-order valence-electron chi connectivity index (χ2n) is 6.87. The molecule has 2 atom stereocenters. The summed E-state index contributed by atoms with van der Waals surface area (Å²) in [7, 11) is 0. The number of rotatable bonds is 8. The first kappa shape index (κ1) is 19.0. The van der Waals surface area contributed by atoms with Gasteiger partial charge in [-0.25, -0.2) is 4.79 Å². The minimum atomic E-state index is -1.02. The molecule has 136 valence electrons. The SMILES string of the molecule is CCCCC(C(=O)O)N1C(=O)C(O)=C(C(C)C)C1Cc1ccccc1. The van der Waals surface area contributed by atoms with Crippen LogP contribution >= 0.6 is 0 Å². The molecule has 1 heterocycles. The molecule has 2 N–H and O–H groups in total. The number of hydrogen-bond donors (Lipinski definition) is 2. The van der Waals surface area contributed by atoms with Crippen molar-refractivity contribution in [3.8, 4) is 0 Å². The molecule has 0 saturated heterocycles. The van der Waals surface area contributed by atoms with Crippen molar-refractivity contribution in [3.63, 3.8) is 0 Å². The van der Waals surface area contributed by atoms with Gasteiger partial charge in [0.05, 0.1) is 6.04 Å². The summed E-state index contributed by atoms with van der Waals surface area (Å²) < 4.78 is 0. The molecule has 25 heavy (non-hydrogen) atoms. The number of aliphatic hydroxyl groups is 1. The third kappa shape index (κ3) is 4.03. The average molecular weight is 345 g/mol. The van der Waals surface area contributed by atoms with E-state index < -0.39 is 24.0 Å². The molecule has 0 saturated carbocycles. The summed E-state index contributed by atoms with van der Waals surface area (Å²) in [4.78, 5) is 25.9. The zero-order chi connectivity index (χ0) is 18.6. The maximum Gasteiger partial charge on any atom is 0.326 e. The van der Waals surface area contributed by atoms with Gasteiger partial charge in [0, 0.05) is 5.57 Å². The minimum Gasteiger partial charge on any atom is -0.503 e. The Labute approximate surface area is 149 Å². The lowest BCUT2D eigenvalue weighted by molar-refractivity contribution is -0.150. The number of nitrogens with zero attached hydrogens (tertiary/aromatic N) is 1. The Morgan fingerprint density at radius 1 is 1.24 bits per heavy atom. The first-order valence-electron chi connectivity index (χ1n) is 8.90. The van der Waals surface area contributed by atoms with Crippen molar-refractivity contribution in [1.82, 2.24) is 4.90 Å². The fraction of sp³-hybridized carbons (Fsp3) is 0.500. The van der Waals surface area contributed by atoms with E-state index in [1.54, 1.807) is 0 Å². The highest BCUT2D eigenvalue weighted by Crippen LogP contribution is 2.35. The summed E-state index contributed by atoms with van der Waals surface area (Å²) in [6.07, 6.45) is 2.46. The van der Waals surface area contributed by atoms with Crippen molar-refractivity contribution in [3.05, 3.63) is 47.2 Å². The van der Waals surface area contributed by atoms with Crippen LogP contribution in [0.4, 0.5) is 0 Å². The second-order valence-corrected chi connectivity index (χ2v) is 6.87. The number of carbonyl (C=O) groups is 2. The van der Waals surface area contributed by atoms with Crippen LogP contribution in [0.25, 0.3) is 0 Å². The molecule has 5 heteroatoms. The number of carboxylic acids is 1. The Bertz CT molecular complexity index is 651. The van der Waals surface area contributed by atoms with Crippen molar-refractivity contribution in [2.24, 2.45) is 5.92 Å². The van der Waals surface area contributed by atoms with Crippen molar-refractivity contribution in [1.29, 1.82) is 0 Å². The normalized spacial score (nSPS) is 19.0. The fourth-order valence-corrected chi connectivity index (χ4v) is 3.54. The molecule has 1 aromatic carbocycles. The van der Waals surface area contributed by atoms with Gasteiger partial charge in [-0.3, -0.25) is 4.79 Å². The Morgan fingerprint density at radius 2 is 1.88 bits per heavy atom. The van der Waals surface area contributed by atoms with Gasteiger partial charge in [0.1, 0.15) is 6.04 Å². The number of carboxylic acid groups (broad SMARTS) is 1. The van der Waals surface area contributed by atoms with Crippen LogP contribution < -0.4 is 0 Å². The Kier molecular flexibility index (Phi) is 6.23. The average Bonchev–Trinajstić information content (AvgIpc) is 2.80. The summed E-state index contributed by atoms with van der Waals surface area (Å²) in [6.45, 7) is 5.83. The molecule has 0 fully saturated rings. The number of benzene rings is 1. The van der Waals surface area contributed by atoms with Gasteiger partial charge in [-0.2, -0.15) is 0 Å². The zero-order valence-corrected chi connectivity index (χ0v) is 15.1. The first-order valence-corrected chi connectivity index (χ1v) is 8.90. The monoisotopic (exact) mass is 345 g/mol. The van der Waals surface area contributed by atoms with Crippen molar-refractivity contribution in [2.75, 3.05) is 0 Å². The third-order valence-corrected chi connectivity index (χ3v) is 4.75. The molecule has 0 spiro atoms. The molecule has 0 radical (unpaired) electrons. The first-order chi connectivity index (χ1) is 11.9. The van der Waals surface area contributed by atoms with E-state index in [0.29, 0.717) is 18.4 Å². The van der Waals surface area contributed by atoms with Crippen LogP contribution in [0.15, 0.2) is 41.7 Å². The number of amides is 1. The number of carbonyl (C=O) groups excluding carboxylic acids is 1. The van der Waals surface area contributed by atoms with Crippen molar-refractivity contribution < 1.29 is 19.8 Å². The highest BCUT2D eigenvalue weighted by Gasteiger charge is 2.45.